The van der Waals surface area contributed by atoms with E-state index in [-0.39, 0.29) is 11.0 Å². The van der Waals surface area contributed by atoms with Gasteiger partial charge in [0.25, 0.3) is 5.22 Å². The number of oxazole rings is 1. The molecule has 88 valence electrons. The second kappa shape index (κ2) is 5.19. The first-order valence-electron chi connectivity index (χ1n) is 5.34. The maximum Gasteiger partial charge on any atom is 0.256 e. The number of hydrogen-bond donors (Lipinski definition) is 0. The Morgan fingerprint density at radius 1 is 1.35 bits per heavy atom. The molecule has 1 aromatic heterocycles. The number of ketones is 1. The average molecular weight is 247 g/mol. The summed E-state index contributed by atoms with van der Waals surface area (Å²) in [6.45, 7) is 3.86. The molecule has 1 unspecified atom stereocenters. The highest BCUT2D eigenvalue weighted by atomic mass is 32.2. The van der Waals surface area contributed by atoms with Crippen LogP contribution in [0, 0.1) is 6.92 Å². The highest BCUT2D eigenvalue weighted by Gasteiger charge is 2.18. The van der Waals surface area contributed by atoms with E-state index < -0.39 is 0 Å². The molecular formula is C13H13NO2S. The molecule has 0 spiro atoms. The zero-order valence-corrected chi connectivity index (χ0v) is 10.5. The first-order chi connectivity index (χ1) is 8.16. The maximum absolute atomic E-state index is 12.1. The number of nitrogens with zero attached hydrogens (tertiary/aromatic N) is 1. The van der Waals surface area contributed by atoms with E-state index >= 15 is 0 Å². The molecule has 0 aliphatic carbocycles. The van der Waals surface area contributed by atoms with E-state index in [1.165, 1.54) is 18.0 Å². The molecule has 4 heteroatoms. The van der Waals surface area contributed by atoms with Gasteiger partial charge in [-0.3, -0.25) is 4.79 Å². The Kier molecular flexibility index (Phi) is 3.64. The van der Waals surface area contributed by atoms with Crippen LogP contribution in [0.3, 0.4) is 0 Å². The number of rotatable bonds is 4. The van der Waals surface area contributed by atoms with E-state index in [0.29, 0.717) is 5.22 Å². The summed E-state index contributed by atoms with van der Waals surface area (Å²) in [5, 5.41) is 0.328. The van der Waals surface area contributed by atoms with Gasteiger partial charge in [-0.15, -0.1) is 0 Å². The second-order valence-corrected chi connectivity index (χ2v) is 5.08. The summed E-state index contributed by atoms with van der Waals surface area (Å²) in [6.07, 6.45) is 3.08. The normalized spacial score (nSPS) is 12.4. The molecule has 1 heterocycles. The van der Waals surface area contributed by atoms with Crippen molar-refractivity contribution < 1.29 is 9.21 Å². The molecular weight excluding hydrogens is 234 g/mol. The van der Waals surface area contributed by atoms with Gasteiger partial charge < -0.3 is 4.42 Å². The van der Waals surface area contributed by atoms with Crippen molar-refractivity contribution in [1.29, 1.82) is 0 Å². The molecule has 0 amide bonds. The number of carbonyl (C=O) groups is 1. The predicted molar refractivity (Wildman–Crippen MR) is 67.3 cm³/mol. The molecule has 0 bridgehead atoms. The molecule has 0 saturated carbocycles. The Balaban J connectivity index is 2.07. The Morgan fingerprint density at radius 2 is 2.06 bits per heavy atom. The third-order valence-electron chi connectivity index (χ3n) is 2.39. The fourth-order valence-electron chi connectivity index (χ4n) is 1.43. The van der Waals surface area contributed by atoms with Gasteiger partial charge in [-0.2, -0.15) is 0 Å². The van der Waals surface area contributed by atoms with Crippen molar-refractivity contribution in [1.82, 2.24) is 4.98 Å². The quantitative estimate of drug-likeness (QED) is 0.614. The molecule has 0 saturated heterocycles. The lowest BCUT2D eigenvalue weighted by molar-refractivity contribution is 0.0993. The molecule has 0 radical (unpaired) electrons. The molecule has 3 nitrogen and oxygen atoms in total. The summed E-state index contributed by atoms with van der Waals surface area (Å²) in [4.78, 5) is 16.1. The van der Waals surface area contributed by atoms with Crippen LogP contribution in [0.5, 0.6) is 0 Å². The SMILES string of the molecule is Cc1ccc(C(=O)C(C)Sc2ncco2)cc1. The summed E-state index contributed by atoms with van der Waals surface area (Å²) >= 11 is 1.33. The van der Waals surface area contributed by atoms with E-state index in [4.69, 9.17) is 4.42 Å². The Bertz CT molecular complexity index is 491. The summed E-state index contributed by atoms with van der Waals surface area (Å²) in [5.74, 6) is 0.0909. The van der Waals surface area contributed by atoms with Crippen LogP contribution in [0.25, 0.3) is 0 Å². The lowest BCUT2D eigenvalue weighted by Crippen LogP contribution is -2.13. The number of aromatic nitrogens is 1. The monoisotopic (exact) mass is 247 g/mol. The van der Waals surface area contributed by atoms with Crippen LogP contribution in [-0.2, 0) is 0 Å². The maximum atomic E-state index is 12.1. The molecule has 17 heavy (non-hydrogen) atoms. The molecule has 0 N–H and O–H groups in total. The van der Waals surface area contributed by atoms with Gasteiger partial charge in [0.2, 0.25) is 0 Å². The number of Topliss-reactive ketones (excluding diaryl/α,β-unsaturated/α-hetero) is 1. The second-order valence-electron chi connectivity index (χ2n) is 3.79. The number of aryl methyl sites for hydroxylation is 1. The fourth-order valence-corrected chi connectivity index (χ4v) is 2.20. The standard InChI is InChI=1S/C13H13NO2S/c1-9-3-5-11(6-4-9)12(15)10(2)17-13-14-7-8-16-13/h3-8,10H,1-2H3. The van der Waals surface area contributed by atoms with Gasteiger partial charge in [0.05, 0.1) is 11.4 Å². The number of thioether (sulfide) groups is 1. The molecule has 2 aromatic rings. The lowest BCUT2D eigenvalue weighted by Gasteiger charge is -2.07. The summed E-state index contributed by atoms with van der Waals surface area (Å²) in [6, 6.07) is 7.58. The Hall–Kier alpha value is -1.55. The highest BCUT2D eigenvalue weighted by molar-refractivity contribution is 8.00. The van der Waals surface area contributed by atoms with Gasteiger partial charge in [-0.1, -0.05) is 41.6 Å². The van der Waals surface area contributed by atoms with Gasteiger partial charge in [0, 0.05) is 5.56 Å². The van der Waals surface area contributed by atoms with Gasteiger partial charge in [0.1, 0.15) is 6.26 Å². The largest absolute Gasteiger partial charge is 0.440 e. The van der Waals surface area contributed by atoms with E-state index in [1.807, 2.05) is 38.1 Å². The van der Waals surface area contributed by atoms with Crippen LogP contribution < -0.4 is 0 Å². The van der Waals surface area contributed by atoms with Gasteiger partial charge >= 0.3 is 0 Å². The summed E-state index contributed by atoms with van der Waals surface area (Å²) in [5.41, 5.74) is 1.87. The number of benzene rings is 1. The van der Waals surface area contributed by atoms with E-state index in [0.717, 1.165) is 11.1 Å². The van der Waals surface area contributed by atoms with Crippen LogP contribution in [-0.4, -0.2) is 16.0 Å². The summed E-state index contributed by atoms with van der Waals surface area (Å²) in [7, 11) is 0. The Labute approximate surface area is 104 Å². The molecule has 2 rings (SSSR count). The first kappa shape index (κ1) is 11.9. The minimum absolute atomic E-state index is 0.0909. The average Bonchev–Trinajstić information content (AvgIpc) is 2.82. The molecule has 0 fully saturated rings. The zero-order chi connectivity index (χ0) is 12.3. The van der Waals surface area contributed by atoms with Crippen LogP contribution in [0.2, 0.25) is 0 Å². The minimum atomic E-state index is -0.198. The third kappa shape index (κ3) is 2.97. The van der Waals surface area contributed by atoms with Crippen molar-refractivity contribution >= 4 is 17.5 Å². The molecule has 1 atom stereocenters. The predicted octanol–water partition coefficient (Wildman–Crippen LogP) is 3.35. The van der Waals surface area contributed by atoms with E-state index in [1.54, 1.807) is 6.20 Å². The van der Waals surface area contributed by atoms with Crippen molar-refractivity contribution in [3.63, 3.8) is 0 Å². The lowest BCUT2D eigenvalue weighted by atomic mass is 10.1. The van der Waals surface area contributed by atoms with Crippen LogP contribution >= 0.6 is 11.8 Å². The zero-order valence-electron chi connectivity index (χ0n) is 9.71. The van der Waals surface area contributed by atoms with Crippen LogP contribution in [0.1, 0.15) is 22.8 Å². The van der Waals surface area contributed by atoms with Gasteiger partial charge in [-0.05, 0) is 13.8 Å². The topological polar surface area (TPSA) is 43.1 Å². The van der Waals surface area contributed by atoms with Crippen molar-refractivity contribution in [3.8, 4) is 0 Å². The molecule has 0 aliphatic heterocycles. The van der Waals surface area contributed by atoms with Crippen molar-refractivity contribution in [2.24, 2.45) is 0 Å². The van der Waals surface area contributed by atoms with E-state index in [9.17, 15) is 4.79 Å². The van der Waals surface area contributed by atoms with Crippen molar-refractivity contribution in [2.75, 3.05) is 0 Å². The third-order valence-corrected chi connectivity index (χ3v) is 3.36. The fraction of sp³-hybridized carbons (Fsp3) is 0.231. The minimum Gasteiger partial charge on any atom is -0.440 e. The highest BCUT2D eigenvalue weighted by Crippen LogP contribution is 2.23. The smallest absolute Gasteiger partial charge is 0.256 e. The van der Waals surface area contributed by atoms with Gasteiger partial charge in [-0.25, -0.2) is 4.98 Å². The van der Waals surface area contributed by atoms with Crippen LogP contribution in [0.4, 0.5) is 0 Å². The summed E-state index contributed by atoms with van der Waals surface area (Å²) < 4.78 is 5.11. The number of hydrogen-bond acceptors (Lipinski definition) is 4. The van der Waals surface area contributed by atoms with Crippen molar-refractivity contribution in [3.05, 3.63) is 47.9 Å². The van der Waals surface area contributed by atoms with E-state index in [2.05, 4.69) is 4.98 Å². The van der Waals surface area contributed by atoms with Gasteiger partial charge in [0.15, 0.2) is 5.78 Å². The Morgan fingerprint density at radius 3 is 2.65 bits per heavy atom. The first-order valence-corrected chi connectivity index (χ1v) is 6.22. The van der Waals surface area contributed by atoms with Crippen molar-refractivity contribution in [2.45, 2.75) is 24.3 Å². The molecule has 0 aliphatic rings. The molecule has 1 aromatic carbocycles. The number of carbonyl (C=O) groups excluding carboxylic acids is 1. The van der Waals surface area contributed by atoms with Crippen LogP contribution in [0.15, 0.2) is 46.4 Å².